The molecule has 1 aromatic heterocycles. The number of imide groups is 1. The number of hydrogen-bond acceptors (Lipinski definition) is 7. The average Bonchev–Trinajstić information content (AvgIpc) is 3.06. The van der Waals surface area contributed by atoms with Crippen molar-refractivity contribution in [2.75, 3.05) is 13.6 Å². The quantitative estimate of drug-likeness (QED) is 0.729. The van der Waals surface area contributed by atoms with E-state index in [-0.39, 0.29) is 17.5 Å². The van der Waals surface area contributed by atoms with Gasteiger partial charge in [0.1, 0.15) is 5.76 Å². The first-order valence-corrected chi connectivity index (χ1v) is 8.17. The lowest BCUT2D eigenvalue weighted by atomic mass is 10.1. The summed E-state index contributed by atoms with van der Waals surface area (Å²) in [7, 11) is 1.85. The molecule has 0 fully saturated rings. The monoisotopic (exact) mass is 357 g/mol. The van der Waals surface area contributed by atoms with Gasteiger partial charge in [0, 0.05) is 18.7 Å². The molecule has 2 amide bonds. The van der Waals surface area contributed by atoms with E-state index >= 15 is 0 Å². The molecule has 2 heterocycles. The first kappa shape index (κ1) is 17.8. The van der Waals surface area contributed by atoms with Gasteiger partial charge in [0.2, 0.25) is 0 Å². The summed E-state index contributed by atoms with van der Waals surface area (Å²) in [4.78, 5) is 43.3. The predicted molar refractivity (Wildman–Crippen MR) is 90.0 cm³/mol. The maximum absolute atomic E-state index is 12.2. The second-order valence-electron chi connectivity index (χ2n) is 6.20. The highest BCUT2D eigenvalue weighted by atomic mass is 16.7. The molecule has 26 heavy (non-hydrogen) atoms. The number of carbonyl (C=O) groups excluding carboxylic acids is 3. The van der Waals surface area contributed by atoms with Crippen LogP contribution in [0.3, 0.4) is 0 Å². The highest BCUT2D eigenvalue weighted by Gasteiger charge is 2.38. The van der Waals surface area contributed by atoms with Gasteiger partial charge in [-0.05, 0) is 33.0 Å². The van der Waals surface area contributed by atoms with E-state index in [1.165, 1.54) is 12.1 Å². The zero-order valence-electron chi connectivity index (χ0n) is 14.8. The molecule has 0 saturated heterocycles. The van der Waals surface area contributed by atoms with E-state index in [2.05, 4.69) is 5.16 Å². The van der Waals surface area contributed by atoms with E-state index in [1.807, 2.05) is 25.8 Å². The number of fused-ring (bicyclic) bond motifs is 1. The maximum atomic E-state index is 12.2. The third kappa shape index (κ3) is 3.36. The number of hydrogen-bond donors (Lipinski definition) is 0. The third-order valence-corrected chi connectivity index (χ3v) is 4.26. The van der Waals surface area contributed by atoms with Crippen LogP contribution >= 0.6 is 0 Å². The van der Waals surface area contributed by atoms with Crippen LogP contribution in [0.15, 0.2) is 28.8 Å². The molecule has 0 bridgehead atoms. The fourth-order valence-electron chi connectivity index (χ4n) is 2.76. The van der Waals surface area contributed by atoms with Crippen molar-refractivity contribution in [3.05, 3.63) is 52.4 Å². The summed E-state index contributed by atoms with van der Waals surface area (Å²) in [5.41, 5.74) is 2.26. The van der Waals surface area contributed by atoms with Gasteiger partial charge in [-0.25, -0.2) is 4.79 Å². The van der Waals surface area contributed by atoms with Crippen LogP contribution in [-0.2, 0) is 16.2 Å². The standard InChI is InChI=1S/C18H19N3O5/c1-11-15(12(2)25-19-11)10-20(3)9-8-16(22)26-21-17(23)13-6-4-5-7-14(13)18(21)24/h4-7H,8-10H2,1-3H3. The van der Waals surface area contributed by atoms with Crippen molar-refractivity contribution in [2.24, 2.45) is 0 Å². The SMILES string of the molecule is Cc1noc(C)c1CN(C)CCC(=O)ON1C(=O)c2ccccc2C1=O. The van der Waals surface area contributed by atoms with Gasteiger partial charge in [0.05, 0.1) is 23.2 Å². The molecule has 0 saturated carbocycles. The highest BCUT2D eigenvalue weighted by molar-refractivity contribution is 6.20. The number of hydroxylamine groups is 2. The molecule has 0 atom stereocenters. The van der Waals surface area contributed by atoms with E-state index in [0.29, 0.717) is 18.2 Å². The number of nitrogens with zero attached hydrogens (tertiary/aromatic N) is 3. The van der Waals surface area contributed by atoms with Gasteiger partial charge in [0.15, 0.2) is 0 Å². The normalized spacial score (nSPS) is 13.5. The van der Waals surface area contributed by atoms with Crippen LogP contribution in [0.2, 0.25) is 0 Å². The fourth-order valence-corrected chi connectivity index (χ4v) is 2.76. The van der Waals surface area contributed by atoms with Crippen LogP contribution in [-0.4, -0.2) is 46.5 Å². The molecule has 2 aromatic rings. The summed E-state index contributed by atoms with van der Waals surface area (Å²) >= 11 is 0. The summed E-state index contributed by atoms with van der Waals surface area (Å²) in [5.74, 6) is -1.15. The lowest BCUT2D eigenvalue weighted by Gasteiger charge is -2.17. The van der Waals surface area contributed by atoms with Crippen LogP contribution in [0.25, 0.3) is 0 Å². The van der Waals surface area contributed by atoms with Crippen LogP contribution in [0.4, 0.5) is 0 Å². The van der Waals surface area contributed by atoms with Crippen molar-refractivity contribution >= 4 is 17.8 Å². The van der Waals surface area contributed by atoms with E-state index < -0.39 is 17.8 Å². The van der Waals surface area contributed by atoms with E-state index in [4.69, 9.17) is 9.36 Å². The Morgan fingerprint density at radius 3 is 2.35 bits per heavy atom. The van der Waals surface area contributed by atoms with E-state index in [9.17, 15) is 14.4 Å². The van der Waals surface area contributed by atoms with E-state index in [0.717, 1.165) is 17.0 Å². The molecule has 0 radical (unpaired) electrons. The second-order valence-corrected chi connectivity index (χ2v) is 6.20. The summed E-state index contributed by atoms with van der Waals surface area (Å²) in [6.45, 7) is 4.66. The second kappa shape index (κ2) is 7.09. The molecular weight excluding hydrogens is 338 g/mol. The Bertz CT molecular complexity index is 819. The molecule has 1 aromatic carbocycles. The molecular formula is C18H19N3O5. The molecule has 136 valence electrons. The summed E-state index contributed by atoms with van der Waals surface area (Å²) < 4.78 is 5.11. The number of rotatable bonds is 6. The molecule has 3 rings (SSSR count). The molecule has 0 aliphatic carbocycles. The van der Waals surface area contributed by atoms with Gasteiger partial charge in [-0.3, -0.25) is 9.59 Å². The van der Waals surface area contributed by atoms with Crippen LogP contribution < -0.4 is 0 Å². The minimum Gasteiger partial charge on any atom is -0.361 e. The molecule has 0 N–H and O–H groups in total. The molecule has 1 aliphatic heterocycles. The Morgan fingerprint density at radius 2 is 1.81 bits per heavy atom. The zero-order valence-corrected chi connectivity index (χ0v) is 14.8. The lowest BCUT2D eigenvalue weighted by molar-refractivity contribution is -0.168. The maximum Gasteiger partial charge on any atom is 0.334 e. The Kier molecular flexibility index (Phi) is 4.85. The third-order valence-electron chi connectivity index (χ3n) is 4.26. The van der Waals surface area contributed by atoms with Crippen molar-refractivity contribution in [1.29, 1.82) is 0 Å². The summed E-state index contributed by atoms with van der Waals surface area (Å²) in [5, 5.41) is 4.42. The highest BCUT2D eigenvalue weighted by Crippen LogP contribution is 2.23. The first-order chi connectivity index (χ1) is 12.4. The topological polar surface area (TPSA) is 93.0 Å². The van der Waals surface area contributed by atoms with Gasteiger partial charge in [-0.2, -0.15) is 0 Å². The van der Waals surface area contributed by atoms with Crippen LogP contribution in [0.1, 0.15) is 44.2 Å². The van der Waals surface area contributed by atoms with Crippen molar-refractivity contribution in [3.8, 4) is 0 Å². The Balaban J connectivity index is 1.54. The smallest absolute Gasteiger partial charge is 0.334 e. The Hall–Kier alpha value is -3.00. The fraction of sp³-hybridized carbons (Fsp3) is 0.333. The van der Waals surface area contributed by atoms with Crippen molar-refractivity contribution in [3.63, 3.8) is 0 Å². The summed E-state index contributed by atoms with van der Waals surface area (Å²) in [6.07, 6.45) is 0.0350. The summed E-state index contributed by atoms with van der Waals surface area (Å²) in [6, 6.07) is 6.36. The van der Waals surface area contributed by atoms with Crippen molar-refractivity contribution in [1.82, 2.24) is 15.1 Å². The Labute approximate surface area is 150 Å². The van der Waals surface area contributed by atoms with Gasteiger partial charge in [-0.15, -0.1) is 0 Å². The van der Waals surface area contributed by atoms with Crippen LogP contribution in [0.5, 0.6) is 0 Å². The zero-order chi connectivity index (χ0) is 18.8. The minimum atomic E-state index is -0.648. The van der Waals surface area contributed by atoms with Crippen molar-refractivity contribution in [2.45, 2.75) is 26.8 Å². The number of carbonyl (C=O) groups is 3. The van der Waals surface area contributed by atoms with Gasteiger partial charge < -0.3 is 14.3 Å². The van der Waals surface area contributed by atoms with E-state index in [1.54, 1.807) is 12.1 Å². The van der Waals surface area contributed by atoms with Gasteiger partial charge in [0.25, 0.3) is 11.8 Å². The average molecular weight is 357 g/mol. The predicted octanol–water partition coefficient (Wildman–Crippen LogP) is 1.87. The molecule has 0 unspecified atom stereocenters. The van der Waals surface area contributed by atoms with Crippen molar-refractivity contribution < 1.29 is 23.7 Å². The lowest BCUT2D eigenvalue weighted by Crippen LogP contribution is -2.33. The van der Waals surface area contributed by atoms with Crippen LogP contribution in [0, 0.1) is 13.8 Å². The first-order valence-electron chi connectivity index (χ1n) is 8.17. The largest absolute Gasteiger partial charge is 0.361 e. The molecule has 1 aliphatic rings. The number of aromatic nitrogens is 1. The van der Waals surface area contributed by atoms with Gasteiger partial charge in [-0.1, -0.05) is 22.4 Å². The number of amides is 2. The minimum absolute atomic E-state index is 0.0350. The van der Waals surface area contributed by atoms with Gasteiger partial charge >= 0.3 is 5.97 Å². The molecule has 8 heteroatoms. The molecule has 0 spiro atoms. The number of aryl methyl sites for hydroxylation is 2. The molecule has 8 nitrogen and oxygen atoms in total. The number of benzene rings is 1. The Morgan fingerprint density at radius 1 is 1.19 bits per heavy atom.